The molecule has 0 aliphatic heterocycles. The van der Waals surface area contributed by atoms with Gasteiger partial charge in [0.05, 0.1) is 0 Å². The van der Waals surface area contributed by atoms with Crippen molar-refractivity contribution in [1.82, 2.24) is 0 Å². The second-order valence-corrected chi connectivity index (χ2v) is 5.03. The molecule has 1 aromatic carbocycles. The van der Waals surface area contributed by atoms with E-state index < -0.39 is 0 Å². The average Bonchev–Trinajstić information content (AvgIpc) is 2.26. The lowest BCUT2D eigenvalue weighted by atomic mass is 10.0. The van der Waals surface area contributed by atoms with Gasteiger partial charge in [0.15, 0.2) is 0 Å². The van der Waals surface area contributed by atoms with Crippen LogP contribution >= 0.6 is 23.2 Å². The van der Waals surface area contributed by atoms with E-state index in [1.54, 1.807) is 0 Å². The second kappa shape index (κ2) is 7.97. The summed E-state index contributed by atoms with van der Waals surface area (Å²) in [6.07, 6.45) is 8.81. The molecule has 0 amide bonds. The zero-order chi connectivity index (χ0) is 11.8. The van der Waals surface area contributed by atoms with Crippen LogP contribution in [0.4, 0.5) is 0 Å². The third-order valence-electron chi connectivity index (χ3n) is 2.84. The molecule has 0 heterocycles. The van der Waals surface area contributed by atoms with Crippen molar-refractivity contribution in [2.75, 3.05) is 0 Å². The molecule has 0 nitrogen and oxygen atoms in total. The van der Waals surface area contributed by atoms with Crippen LogP contribution in [0.25, 0.3) is 0 Å². The van der Waals surface area contributed by atoms with Gasteiger partial charge in [-0.15, -0.1) is 0 Å². The first-order valence-corrected chi connectivity index (χ1v) is 6.94. The van der Waals surface area contributed by atoms with E-state index in [1.165, 1.54) is 38.5 Å². The SMILES string of the molecule is CCCCCCCCc1c(Cl)cccc1Cl. The summed E-state index contributed by atoms with van der Waals surface area (Å²) in [6.45, 7) is 2.24. The summed E-state index contributed by atoms with van der Waals surface area (Å²) >= 11 is 12.2. The van der Waals surface area contributed by atoms with Gasteiger partial charge >= 0.3 is 0 Å². The molecule has 0 aliphatic rings. The molecule has 1 rings (SSSR count). The maximum Gasteiger partial charge on any atom is 0.0452 e. The van der Waals surface area contributed by atoms with E-state index in [-0.39, 0.29) is 0 Å². The minimum Gasteiger partial charge on any atom is -0.0840 e. The minimum absolute atomic E-state index is 0.807. The van der Waals surface area contributed by atoms with Crippen molar-refractivity contribution < 1.29 is 0 Å². The van der Waals surface area contributed by atoms with Crippen molar-refractivity contribution >= 4 is 23.2 Å². The summed E-state index contributed by atoms with van der Waals surface area (Å²) < 4.78 is 0. The minimum atomic E-state index is 0.807. The van der Waals surface area contributed by atoms with Crippen LogP contribution in [0.1, 0.15) is 51.0 Å². The highest BCUT2D eigenvalue weighted by atomic mass is 35.5. The summed E-state index contributed by atoms with van der Waals surface area (Å²) in [5.74, 6) is 0. The van der Waals surface area contributed by atoms with Crippen molar-refractivity contribution in [2.45, 2.75) is 51.9 Å². The molecule has 0 unspecified atom stereocenters. The van der Waals surface area contributed by atoms with Gasteiger partial charge in [-0.3, -0.25) is 0 Å². The van der Waals surface area contributed by atoms with Gasteiger partial charge in [-0.25, -0.2) is 0 Å². The molecule has 2 heteroatoms. The van der Waals surface area contributed by atoms with E-state index >= 15 is 0 Å². The highest BCUT2D eigenvalue weighted by molar-refractivity contribution is 6.35. The molecule has 16 heavy (non-hydrogen) atoms. The third-order valence-corrected chi connectivity index (χ3v) is 3.55. The molecule has 0 aliphatic carbocycles. The summed E-state index contributed by atoms with van der Waals surface area (Å²) in [4.78, 5) is 0. The summed E-state index contributed by atoms with van der Waals surface area (Å²) in [5.41, 5.74) is 1.11. The quantitative estimate of drug-likeness (QED) is 0.535. The highest BCUT2D eigenvalue weighted by Gasteiger charge is 2.04. The number of halogens is 2. The Morgan fingerprint density at radius 3 is 2.06 bits per heavy atom. The second-order valence-electron chi connectivity index (χ2n) is 4.22. The number of benzene rings is 1. The molecular formula is C14H20Cl2. The van der Waals surface area contributed by atoms with Crippen molar-refractivity contribution in [3.05, 3.63) is 33.8 Å². The van der Waals surface area contributed by atoms with Crippen molar-refractivity contribution in [3.8, 4) is 0 Å². The number of unbranched alkanes of at least 4 members (excludes halogenated alkanes) is 5. The Morgan fingerprint density at radius 1 is 0.875 bits per heavy atom. The summed E-state index contributed by atoms with van der Waals surface area (Å²) in [7, 11) is 0. The Balaban J connectivity index is 2.26. The molecule has 0 atom stereocenters. The maximum absolute atomic E-state index is 6.11. The normalized spacial score (nSPS) is 10.7. The van der Waals surface area contributed by atoms with Crippen LogP contribution < -0.4 is 0 Å². The van der Waals surface area contributed by atoms with Gasteiger partial charge in [-0.2, -0.15) is 0 Å². The van der Waals surface area contributed by atoms with Crippen LogP contribution in [0.15, 0.2) is 18.2 Å². The summed E-state index contributed by atoms with van der Waals surface area (Å²) in [5, 5.41) is 1.61. The van der Waals surface area contributed by atoms with Crippen molar-refractivity contribution in [3.63, 3.8) is 0 Å². The topological polar surface area (TPSA) is 0 Å². The highest BCUT2D eigenvalue weighted by Crippen LogP contribution is 2.26. The number of rotatable bonds is 7. The first-order chi connectivity index (χ1) is 7.75. The van der Waals surface area contributed by atoms with Crippen LogP contribution in [0.5, 0.6) is 0 Å². The molecular weight excluding hydrogens is 239 g/mol. The van der Waals surface area contributed by atoms with Crippen LogP contribution in [0.3, 0.4) is 0 Å². The first-order valence-electron chi connectivity index (χ1n) is 6.18. The van der Waals surface area contributed by atoms with Gasteiger partial charge in [-0.1, -0.05) is 68.3 Å². The molecule has 0 fully saturated rings. The lowest BCUT2D eigenvalue weighted by molar-refractivity contribution is 0.607. The fourth-order valence-corrected chi connectivity index (χ4v) is 2.44. The zero-order valence-electron chi connectivity index (χ0n) is 9.94. The van der Waals surface area contributed by atoms with E-state index in [1.807, 2.05) is 18.2 Å². The number of hydrogen-bond donors (Lipinski definition) is 0. The lowest BCUT2D eigenvalue weighted by Crippen LogP contribution is -1.89. The fourth-order valence-electron chi connectivity index (χ4n) is 1.85. The molecule has 0 radical (unpaired) electrons. The molecule has 1 aromatic rings. The molecule has 0 spiro atoms. The predicted octanol–water partition coefficient (Wildman–Crippen LogP) is 5.90. The Kier molecular flexibility index (Phi) is 6.91. The van der Waals surface area contributed by atoms with Crippen LogP contribution in [0.2, 0.25) is 10.0 Å². The van der Waals surface area contributed by atoms with Gasteiger partial charge in [0.1, 0.15) is 0 Å². The molecule has 0 N–H and O–H groups in total. The maximum atomic E-state index is 6.11. The predicted molar refractivity (Wildman–Crippen MR) is 73.5 cm³/mol. The van der Waals surface area contributed by atoms with Gasteiger partial charge < -0.3 is 0 Å². The molecule has 0 aromatic heterocycles. The van der Waals surface area contributed by atoms with Gasteiger partial charge in [-0.05, 0) is 30.5 Å². The average molecular weight is 259 g/mol. The number of hydrogen-bond acceptors (Lipinski definition) is 0. The molecule has 0 bridgehead atoms. The third kappa shape index (κ3) is 4.76. The Labute approximate surface area is 109 Å². The van der Waals surface area contributed by atoms with Gasteiger partial charge in [0, 0.05) is 10.0 Å². The van der Waals surface area contributed by atoms with E-state index in [0.717, 1.165) is 22.0 Å². The lowest BCUT2D eigenvalue weighted by Gasteiger charge is -2.06. The molecule has 0 saturated heterocycles. The summed E-state index contributed by atoms with van der Waals surface area (Å²) in [6, 6.07) is 5.73. The zero-order valence-corrected chi connectivity index (χ0v) is 11.4. The Bertz CT molecular complexity index is 287. The van der Waals surface area contributed by atoms with Crippen LogP contribution in [-0.2, 0) is 6.42 Å². The fraction of sp³-hybridized carbons (Fsp3) is 0.571. The van der Waals surface area contributed by atoms with E-state index in [4.69, 9.17) is 23.2 Å². The van der Waals surface area contributed by atoms with E-state index in [0.29, 0.717) is 0 Å². The van der Waals surface area contributed by atoms with Crippen molar-refractivity contribution in [1.29, 1.82) is 0 Å². The first kappa shape index (κ1) is 13.9. The van der Waals surface area contributed by atoms with Gasteiger partial charge in [0.2, 0.25) is 0 Å². The Hall–Kier alpha value is -0.200. The Morgan fingerprint density at radius 2 is 1.44 bits per heavy atom. The van der Waals surface area contributed by atoms with Crippen molar-refractivity contribution in [2.24, 2.45) is 0 Å². The largest absolute Gasteiger partial charge is 0.0840 e. The molecule has 90 valence electrons. The smallest absolute Gasteiger partial charge is 0.0452 e. The molecule has 0 saturated carbocycles. The van der Waals surface area contributed by atoms with E-state index in [9.17, 15) is 0 Å². The monoisotopic (exact) mass is 258 g/mol. The van der Waals surface area contributed by atoms with Crippen LogP contribution in [-0.4, -0.2) is 0 Å². The van der Waals surface area contributed by atoms with Gasteiger partial charge in [0.25, 0.3) is 0 Å². The van der Waals surface area contributed by atoms with E-state index in [2.05, 4.69) is 6.92 Å². The van der Waals surface area contributed by atoms with Crippen LogP contribution in [0, 0.1) is 0 Å². The standard InChI is InChI=1S/C14H20Cl2/c1-2-3-4-5-6-7-9-12-13(15)10-8-11-14(12)16/h8,10-11H,2-7,9H2,1H3.